The van der Waals surface area contributed by atoms with E-state index in [0.29, 0.717) is 11.9 Å². The number of likely N-dealkylation sites (tertiary alicyclic amines) is 1. The smallest absolute Gasteiger partial charge is 0.316 e. The molecule has 26 heavy (non-hydrogen) atoms. The number of ether oxygens (including phenoxy) is 1. The van der Waals surface area contributed by atoms with E-state index in [-0.39, 0.29) is 0 Å². The molecule has 3 heterocycles. The van der Waals surface area contributed by atoms with Crippen molar-refractivity contribution in [3.05, 3.63) is 35.6 Å². The Kier molecular flexibility index (Phi) is 4.10. The van der Waals surface area contributed by atoms with Crippen LogP contribution >= 0.6 is 11.3 Å². The van der Waals surface area contributed by atoms with Crippen molar-refractivity contribution in [3.63, 3.8) is 0 Å². The van der Waals surface area contributed by atoms with Gasteiger partial charge in [0, 0.05) is 29.9 Å². The van der Waals surface area contributed by atoms with Crippen molar-refractivity contribution < 1.29 is 4.74 Å². The van der Waals surface area contributed by atoms with Crippen LogP contribution in [0.1, 0.15) is 36.6 Å². The molecule has 0 N–H and O–H groups in total. The van der Waals surface area contributed by atoms with E-state index >= 15 is 0 Å². The third-order valence-corrected chi connectivity index (χ3v) is 6.85. The van der Waals surface area contributed by atoms with Gasteiger partial charge in [0.25, 0.3) is 0 Å². The Balaban J connectivity index is 1.35. The van der Waals surface area contributed by atoms with E-state index in [4.69, 9.17) is 9.72 Å². The highest BCUT2D eigenvalue weighted by atomic mass is 32.1. The molecule has 5 rings (SSSR count). The third-order valence-electron chi connectivity index (χ3n) is 5.67. The summed E-state index contributed by atoms with van der Waals surface area (Å²) in [6.45, 7) is 2.59. The van der Waals surface area contributed by atoms with Gasteiger partial charge in [-0.2, -0.15) is 0 Å². The zero-order chi connectivity index (χ0) is 17.5. The van der Waals surface area contributed by atoms with Gasteiger partial charge >= 0.3 is 6.01 Å². The first-order chi connectivity index (χ1) is 12.8. The van der Waals surface area contributed by atoms with Crippen LogP contribution in [0.25, 0.3) is 21.3 Å². The van der Waals surface area contributed by atoms with E-state index in [1.54, 1.807) is 7.11 Å². The number of thiazole rings is 1. The van der Waals surface area contributed by atoms with Crippen LogP contribution in [0.4, 0.5) is 0 Å². The summed E-state index contributed by atoms with van der Waals surface area (Å²) >= 11 is 1.85. The van der Waals surface area contributed by atoms with Gasteiger partial charge in [0.05, 0.1) is 22.3 Å². The Hall–Kier alpha value is -2.05. The fourth-order valence-electron chi connectivity index (χ4n) is 4.06. The molecule has 0 bridgehead atoms. The van der Waals surface area contributed by atoms with E-state index in [2.05, 4.69) is 33.1 Å². The molecule has 2 aromatic heterocycles. The van der Waals surface area contributed by atoms with E-state index in [9.17, 15) is 0 Å². The normalized spacial score (nSPS) is 23.3. The Labute approximate surface area is 157 Å². The third kappa shape index (κ3) is 2.87. The SMILES string of the molecule is COc1ncc(-c2ccc3nc(C4CC(N5CCCC5)C4)sc3c2)cn1. The van der Waals surface area contributed by atoms with Crippen LogP contribution in [-0.4, -0.2) is 46.1 Å². The van der Waals surface area contributed by atoms with Crippen LogP contribution in [0.5, 0.6) is 6.01 Å². The molecule has 134 valence electrons. The molecule has 1 aliphatic heterocycles. The highest BCUT2D eigenvalue weighted by Gasteiger charge is 2.37. The monoisotopic (exact) mass is 366 g/mol. The van der Waals surface area contributed by atoms with Crippen LogP contribution in [0, 0.1) is 0 Å². The number of benzene rings is 1. The van der Waals surface area contributed by atoms with Crippen LogP contribution in [-0.2, 0) is 0 Å². The molecule has 0 unspecified atom stereocenters. The highest BCUT2D eigenvalue weighted by Crippen LogP contribution is 2.43. The molecule has 5 nitrogen and oxygen atoms in total. The van der Waals surface area contributed by atoms with Crippen LogP contribution in [0.2, 0.25) is 0 Å². The molecule has 1 aromatic carbocycles. The summed E-state index contributed by atoms with van der Waals surface area (Å²) in [5.74, 6) is 0.644. The minimum atomic E-state index is 0.396. The largest absolute Gasteiger partial charge is 0.467 e. The van der Waals surface area contributed by atoms with Gasteiger partial charge in [-0.1, -0.05) is 6.07 Å². The second kappa shape index (κ2) is 6.59. The van der Waals surface area contributed by atoms with E-state index in [0.717, 1.165) is 22.7 Å². The van der Waals surface area contributed by atoms with Gasteiger partial charge in [0.15, 0.2) is 0 Å². The van der Waals surface area contributed by atoms with Gasteiger partial charge < -0.3 is 9.64 Å². The number of aromatic nitrogens is 3. The maximum Gasteiger partial charge on any atom is 0.316 e. The van der Waals surface area contributed by atoms with Crippen molar-refractivity contribution in [2.24, 2.45) is 0 Å². The predicted octanol–water partition coefficient (Wildman–Crippen LogP) is 4.10. The van der Waals surface area contributed by atoms with Crippen molar-refractivity contribution in [2.75, 3.05) is 20.2 Å². The zero-order valence-electron chi connectivity index (χ0n) is 14.9. The van der Waals surface area contributed by atoms with Crippen LogP contribution in [0.15, 0.2) is 30.6 Å². The minimum absolute atomic E-state index is 0.396. The standard InChI is InChI=1S/C20H22N4OS/c1-25-20-21-11-15(12-22-20)13-4-5-17-18(10-13)26-19(23-17)14-8-16(9-14)24-6-2-3-7-24/h4-5,10-12,14,16H,2-3,6-9H2,1H3. The first-order valence-electron chi connectivity index (χ1n) is 9.31. The molecule has 3 aromatic rings. The van der Waals surface area contributed by atoms with Gasteiger partial charge in [-0.15, -0.1) is 11.3 Å². The lowest BCUT2D eigenvalue weighted by Crippen LogP contribution is -2.42. The molecule has 0 atom stereocenters. The van der Waals surface area contributed by atoms with Crippen LogP contribution in [0.3, 0.4) is 0 Å². The quantitative estimate of drug-likeness (QED) is 0.696. The molecule has 0 amide bonds. The van der Waals surface area contributed by atoms with E-state index < -0.39 is 0 Å². The number of fused-ring (bicyclic) bond motifs is 1. The molecule has 1 saturated carbocycles. The lowest BCUT2D eigenvalue weighted by Gasteiger charge is -2.40. The summed E-state index contributed by atoms with van der Waals surface area (Å²) < 4.78 is 6.28. The van der Waals surface area contributed by atoms with Crippen LogP contribution < -0.4 is 4.74 Å². The second-order valence-electron chi connectivity index (χ2n) is 7.26. The number of methoxy groups -OCH3 is 1. The summed E-state index contributed by atoms with van der Waals surface area (Å²) in [5, 5.41) is 1.30. The Morgan fingerprint density at radius 1 is 1.08 bits per heavy atom. The molecule has 1 aliphatic carbocycles. The predicted molar refractivity (Wildman–Crippen MR) is 104 cm³/mol. The van der Waals surface area contributed by atoms with Gasteiger partial charge in [-0.05, 0) is 56.5 Å². The molecule has 1 saturated heterocycles. The summed E-state index contributed by atoms with van der Waals surface area (Å²) in [6, 6.07) is 7.61. The van der Waals surface area contributed by atoms with Gasteiger partial charge in [-0.3, -0.25) is 0 Å². The number of nitrogens with zero attached hydrogens (tertiary/aromatic N) is 4. The first-order valence-corrected chi connectivity index (χ1v) is 10.1. The molecular formula is C20H22N4OS. The van der Waals surface area contributed by atoms with Crippen molar-refractivity contribution in [3.8, 4) is 17.1 Å². The molecule has 0 radical (unpaired) electrons. The lowest BCUT2D eigenvalue weighted by atomic mass is 9.80. The average Bonchev–Trinajstić information content (AvgIpc) is 3.30. The summed E-state index contributed by atoms with van der Waals surface area (Å²) in [6.07, 6.45) is 8.92. The first kappa shape index (κ1) is 16.1. The molecule has 0 spiro atoms. The maximum absolute atomic E-state index is 5.04. The Bertz CT molecular complexity index is 911. The molecule has 2 aliphatic rings. The maximum atomic E-state index is 5.04. The van der Waals surface area contributed by atoms with E-state index in [1.807, 2.05) is 23.7 Å². The minimum Gasteiger partial charge on any atom is -0.467 e. The van der Waals surface area contributed by atoms with Crippen molar-refractivity contribution in [1.82, 2.24) is 19.9 Å². The zero-order valence-corrected chi connectivity index (χ0v) is 15.7. The van der Waals surface area contributed by atoms with E-state index in [1.165, 1.54) is 48.5 Å². The topological polar surface area (TPSA) is 51.1 Å². The Morgan fingerprint density at radius 2 is 1.85 bits per heavy atom. The number of hydrogen-bond donors (Lipinski definition) is 0. The summed E-state index contributed by atoms with van der Waals surface area (Å²) in [5.41, 5.74) is 3.23. The highest BCUT2D eigenvalue weighted by molar-refractivity contribution is 7.18. The van der Waals surface area contributed by atoms with Crippen molar-refractivity contribution >= 4 is 21.6 Å². The second-order valence-corrected chi connectivity index (χ2v) is 8.32. The molecule has 6 heteroatoms. The van der Waals surface area contributed by atoms with Gasteiger partial charge in [-0.25, -0.2) is 15.0 Å². The summed E-state index contributed by atoms with van der Waals surface area (Å²) in [4.78, 5) is 16.0. The lowest BCUT2D eigenvalue weighted by molar-refractivity contribution is 0.136. The van der Waals surface area contributed by atoms with Gasteiger partial charge in [0.1, 0.15) is 0 Å². The number of rotatable bonds is 4. The Morgan fingerprint density at radius 3 is 2.58 bits per heavy atom. The van der Waals surface area contributed by atoms with Crippen molar-refractivity contribution in [2.45, 2.75) is 37.6 Å². The molecule has 2 fully saturated rings. The van der Waals surface area contributed by atoms with Gasteiger partial charge in [0.2, 0.25) is 0 Å². The summed E-state index contributed by atoms with van der Waals surface area (Å²) in [7, 11) is 1.58. The number of hydrogen-bond acceptors (Lipinski definition) is 6. The fourth-order valence-corrected chi connectivity index (χ4v) is 5.19. The fraction of sp³-hybridized carbons (Fsp3) is 0.450. The average molecular weight is 366 g/mol. The molecular weight excluding hydrogens is 344 g/mol. The van der Waals surface area contributed by atoms with Crippen molar-refractivity contribution in [1.29, 1.82) is 0 Å².